The van der Waals surface area contributed by atoms with Gasteiger partial charge in [0.25, 0.3) is 5.91 Å². The van der Waals surface area contributed by atoms with Crippen molar-refractivity contribution in [2.45, 2.75) is 45.1 Å². The summed E-state index contributed by atoms with van der Waals surface area (Å²) < 4.78 is 1.87. The van der Waals surface area contributed by atoms with E-state index in [0.717, 1.165) is 66.3 Å². The van der Waals surface area contributed by atoms with Crippen LogP contribution in [0.4, 0.5) is 5.82 Å². The van der Waals surface area contributed by atoms with E-state index < -0.39 is 0 Å². The first-order valence-electron chi connectivity index (χ1n) is 12.9. The van der Waals surface area contributed by atoms with Crippen molar-refractivity contribution >= 4 is 17.4 Å². The van der Waals surface area contributed by atoms with Crippen molar-refractivity contribution in [1.82, 2.24) is 24.5 Å². The van der Waals surface area contributed by atoms with E-state index in [1.165, 1.54) is 12.8 Å². The fraction of sp³-hybridized carbons (Fsp3) is 0.345. The summed E-state index contributed by atoms with van der Waals surface area (Å²) in [6, 6.07) is 17.7. The number of carbonyl (C=O) groups is 1. The van der Waals surface area contributed by atoms with Gasteiger partial charge < -0.3 is 9.80 Å². The molecular weight excluding hydrogens is 462 g/mol. The Morgan fingerprint density at radius 1 is 0.946 bits per heavy atom. The van der Waals surface area contributed by atoms with E-state index in [1.807, 2.05) is 57.9 Å². The number of piperidine rings is 1. The highest BCUT2D eigenvalue weighted by molar-refractivity contribution is 5.93. The molecule has 0 aliphatic carbocycles. The maximum atomic E-state index is 13.7. The molecule has 8 nitrogen and oxygen atoms in total. The van der Waals surface area contributed by atoms with Crippen LogP contribution in [0, 0.1) is 18.8 Å². The second kappa shape index (κ2) is 10.8. The van der Waals surface area contributed by atoms with Crippen molar-refractivity contribution in [3.05, 3.63) is 77.7 Å². The molecule has 2 fully saturated rings. The lowest BCUT2D eigenvalue weighted by atomic mass is 9.98. The van der Waals surface area contributed by atoms with Crippen LogP contribution in [0.3, 0.4) is 0 Å². The second-order valence-corrected chi connectivity index (χ2v) is 9.60. The number of pyridine rings is 1. The zero-order valence-electron chi connectivity index (χ0n) is 21.1. The maximum Gasteiger partial charge on any atom is 0.273 e. The summed E-state index contributed by atoms with van der Waals surface area (Å²) in [5.41, 5.74) is 5.18. The predicted molar refractivity (Wildman–Crippen MR) is 143 cm³/mol. The fourth-order valence-corrected chi connectivity index (χ4v) is 5.38. The summed E-state index contributed by atoms with van der Waals surface area (Å²) >= 11 is 0. The number of rotatable bonds is 4. The maximum absolute atomic E-state index is 13.7. The van der Waals surface area contributed by atoms with E-state index in [9.17, 15) is 4.79 Å². The normalized spacial score (nSPS) is 17.4. The second-order valence-electron chi connectivity index (χ2n) is 9.60. The number of benzene rings is 1. The van der Waals surface area contributed by atoms with Crippen molar-refractivity contribution in [3.63, 3.8) is 0 Å². The summed E-state index contributed by atoms with van der Waals surface area (Å²) in [5.74, 6) is 1.02. The molecule has 0 saturated carbocycles. The molecule has 3 aromatic heterocycles. The lowest BCUT2D eigenvalue weighted by molar-refractivity contribution is 0.0599. The van der Waals surface area contributed by atoms with Gasteiger partial charge in [-0.25, -0.2) is 19.7 Å². The van der Waals surface area contributed by atoms with Gasteiger partial charge in [0.15, 0.2) is 5.65 Å². The Kier molecular flexibility index (Phi) is 7.13. The summed E-state index contributed by atoms with van der Waals surface area (Å²) in [5, 5.41) is 11.4. The highest BCUT2D eigenvalue weighted by Crippen LogP contribution is 2.33. The van der Waals surface area contributed by atoms with Crippen molar-refractivity contribution in [3.8, 4) is 17.8 Å². The Bertz CT molecular complexity index is 1410. The molecule has 1 amide bonds. The van der Waals surface area contributed by atoms with Crippen LogP contribution in [0.25, 0.3) is 16.9 Å². The molecule has 8 heteroatoms. The van der Waals surface area contributed by atoms with Gasteiger partial charge in [0.2, 0.25) is 0 Å². The zero-order valence-corrected chi connectivity index (χ0v) is 21.1. The van der Waals surface area contributed by atoms with Crippen LogP contribution in [0.15, 0.2) is 60.8 Å². The molecule has 1 atom stereocenters. The minimum Gasteiger partial charge on any atom is -0.356 e. The lowest BCUT2D eigenvalue weighted by Gasteiger charge is -2.34. The van der Waals surface area contributed by atoms with Crippen LogP contribution in [-0.4, -0.2) is 50.0 Å². The van der Waals surface area contributed by atoms with E-state index in [2.05, 4.69) is 30.7 Å². The number of carbonyl (C=O) groups excluding carboxylic acids is 1. The summed E-state index contributed by atoms with van der Waals surface area (Å²) in [7, 11) is 0. The number of likely N-dealkylation sites (tertiary alicyclic amines) is 1. The number of nitrogens with zero attached hydrogens (tertiary/aromatic N) is 7. The number of hydrogen-bond acceptors (Lipinski definition) is 6. The molecule has 0 radical (unpaired) electrons. The van der Waals surface area contributed by atoms with Gasteiger partial charge in [-0.2, -0.15) is 5.10 Å². The monoisotopic (exact) mass is 493 g/mol. The molecule has 2 aliphatic rings. The van der Waals surface area contributed by atoms with Gasteiger partial charge in [-0.1, -0.05) is 36.4 Å². The van der Waals surface area contributed by atoms with E-state index in [1.54, 1.807) is 0 Å². The van der Waals surface area contributed by atoms with Crippen molar-refractivity contribution < 1.29 is 4.79 Å². The topological polar surface area (TPSA) is 90.4 Å². The van der Waals surface area contributed by atoms with Crippen molar-refractivity contribution in [2.24, 2.45) is 0 Å². The third-order valence-electron chi connectivity index (χ3n) is 7.17. The lowest BCUT2D eigenvalue weighted by Crippen LogP contribution is -2.39. The van der Waals surface area contributed by atoms with Gasteiger partial charge in [0, 0.05) is 49.6 Å². The number of fused-ring (bicyclic) bond motifs is 1. The minimum absolute atomic E-state index is 0.0357. The van der Waals surface area contributed by atoms with Gasteiger partial charge in [0.05, 0.1) is 17.4 Å². The highest BCUT2D eigenvalue weighted by atomic mass is 16.2. The zero-order chi connectivity index (χ0) is 25.8. The fourth-order valence-electron chi connectivity index (χ4n) is 5.38. The molecular formula is C29H31N7O. The molecule has 0 bridgehead atoms. The van der Waals surface area contributed by atoms with Crippen LogP contribution in [0.2, 0.25) is 0 Å². The molecule has 4 aromatic rings. The number of aromatic nitrogens is 4. The Labute approximate surface area is 217 Å². The molecule has 0 N–H and O–H groups in total. The number of hydrogen-bond donors (Lipinski definition) is 0. The van der Waals surface area contributed by atoms with Gasteiger partial charge in [-0.05, 0) is 51.2 Å². The van der Waals surface area contributed by atoms with Crippen LogP contribution in [0.5, 0.6) is 0 Å². The number of anilines is 1. The number of aryl methyl sites for hydroxylation is 1. The molecule has 2 aliphatic heterocycles. The van der Waals surface area contributed by atoms with Gasteiger partial charge in [0.1, 0.15) is 11.5 Å². The van der Waals surface area contributed by atoms with Gasteiger partial charge >= 0.3 is 0 Å². The number of nitriles is 1. The molecule has 37 heavy (non-hydrogen) atoms. The van der Waals surface area contributed by atoms with Crippen molar-refractivity contribution in [1.29, 1.82) is 5.26 Å². The molecule has 6 rings (SSSR count). The summed E-state index contributed by atoms with van der Waals surface area (Å²) in [6.07, 6.45) is 7.46. The van der Waals surface area contributed by atoms with Crippen LogP contribution < -0.4 is 4.90 Å². The highest BCUT2D eigenvalue weighted by Gasteiger charge is 2.31. The molecule has 5 heterocycles. The van der Waals surface area contributed by atoms with Gasteiger partial charge in [-0.3, -0.25) is 4.79 Å². The third kappa shape index (κ3) is 4.90. The average molecular weight is 494 g/mol. The predicted octanol–water partition coefficient (Wildman–Crippen LogP) is 5.21. The third-order valence-corrected chi connectivity index (χ3v) is 7.17. The molecule has 188 valence electrons. The van der Waals surface area contributed by atoms with Crippen LogP contribution >= 0.6 is 0 Å². The Morgan fingerprint density at radius 2 is 1.70 bits per heavy atom. The Balaban J connectivity index is 0.00000137. The first-order valence-corrected chi connectivity index (χ1v) is 12.9. The quantitative estimate of drug-likeness (QED) is 0.388. The Morgan fingerprint density at radius 3 is 2.49 bits per heavy atom. The number of amides is 1. The van der Waals surface area contributed by atoms with E-state index in [0.29, 0.717) is 12.2 Å². The standard InChI is InChI=1S/C28H30N6O.CHN/c1-20-19-34-26(30-27(20)32-15-7-8-16-32)18-24(31-34)25-14-5-6-17-33(25)28(35)23-13-9-12-22(29-23)21-10-3-2-4-11-21;1-2/h2-4,9-13,18-19,25H,5-8,14-17H2,1H3;1H. The van der Waals surface area contributed by atoms with Crippen LogP contribution in [-0.2, 0) is 0 Å². The van der Waals surface area contributed by atoms with E-state index >= 15 is 0 Å². The Hall–Kier alpha value is -4.25. The van der Waals surface area contributed by atoms with E-state index in [4.69, 9.17) is 20.3 Å². The molecule has 1 unspecified atom stereocenters. The van der Waals surface area contributed by atoms with E-state index in [-0.39, 0.29) is 11.9 Å². The van der Waals surface area contributed by atoms with Crippen LogP contribution in [0.1, 0.15) is 59.9 Å². The molecule has 0 spiro atoms. The largest absolute Gasteiger partial charge is 0.356 e. The molecule has 2 saturated heterocycles. The minimum atomic E-state index is -0.0734. The molecule has 1 aromatic carbocycles. The average Bonchev–Trinajstić information content (AvgIpc) is 3.64. The SMILES string of the molecule is C#N.Cc1cn2nc(C3CCCCN3C(=O)c3cccc(-c4ccccc4)n3)cc2nc1N1CCCC1. The first-order chi connectivity index (χ1) is 18.2. The van der Waals surface area contributed by atoms with Crippen molar-refractivity contribution in [2.75, 3.05) is 24.5 Å². The van der Waals surface area contributed by atoms with Gasteiger partial charge in [-0.15, -0.1) is 0 Å². The summed E-state index contributed by atoms with van der Waals surface area (Å²) in [4.78, 5) is 27.7. The first kappa shape index (κ1) is 24.4. The smallest absolute Gasteiger partial charge is 0.273 e. The summed E-state index contributed by atoms with van der Waals surface area (Å²) in [6.45, 7) is 8.43.